The molecule has 26 heavy (non-hydrogen) atoms. The maximum absolute atomic E-state index is 12.6. The third-order valence-electron chi connectivity index (χ3n) is 4.33. The van der Waals surface area contributed by atoms with Crippen LogP contribution in [0.15, 0.2) is 66.7 Å². The first-order valence-electron chi connectivity index (χ1n) is 9.11. The van der Waals surface area contributed by atoms with Crippen molar-refractivity contribution in [2.45, 2.75) is 26.8 Å². The number of carbonyl (C=O) groups is 1. The van der Waals surface area contributed by atoms with Gasteiger partial charge in [0.1, 0.15) is 5.75 Å². The topological polar surface area (TPSA) is 38.3 Å². The highest BCUT2D eigenvalue weighted by atomic mass is 16.5. The second-order valence-corrected chi connectivity index (χ2v) is 6.89. The Balaban J connectivity index is 1.79. The van der Waals surface area contributed by atoms with E-state index in [2.05, 4.69) is 19.2 Å². The summed E-state index contributed by atoms with van der Waals surface area (Å²) in [5.74, 6) is 1.26. The number of ether oxygens (including phenoxy) is 1. The van der Waals surface area contributed by atoms with Crippen LogP contribution in [0.3, 0.4) is 0 Å². The Morgan fingerprint density at radius 2 is 1.73 bits per heavy atom. The molecule has 0 aromatic heterocycles. The molecule has 0 radical (unpaired) electrons. The summed E-state index contributed by atoms with van der Waals surface area (Å²) in [5, 5.41) is 5.04. The van der Waals surface area contributed by atoms with Gasteiger partial charge in [0.15, 0.2) is 0 Å². The number of rotatable bonds is 7. The van der Waals surface area contributed by atoms with Crippen molar-refractivity contribution < 1.29 is 9.53 Å². The Morgan fingerprint density at radius 1 is 1.00 bits per heavy atom. The van der Waals surface area contributed by atoms with Crippen molar-refractivity contribution in [2.75, 3.05) is 6.61 Å². The minimum absolute atomic E-state index is 0.0895. The fraction of sp³-hybridized carbons (Fsp3) is 0.261. The number of amides is 1. The minimum Gasteiger partial charge on any atom is -0.493 e. The van der Waals surface area contributed by atoms with Crippen LogP contribution in [-0.4, -0.2) is 12.5 Å². The van der Waals surface area contributed by atoms with Crippen LogP contribution in [0, 0.1) is 5.92 Å². The van der Waals surface area contributed by atoms with Crippen LogP contribution >= 0.6 is 0 Å². The number of nitrogens with one attached hydrogen (secondary N) is 1. The van der Waals surface area contributed by atoms with Gasteiger partial charge in [0.25, 0.3) is 5.91 Å². The Morgan fingerprint density at radius 3 is 2.50 bits per heavy atom. The van der Waals surface area contributed by atoms with E-state index in [0.29, 0.717) is 24.6 Å². The number of carbonyl (C=O) groups excluding carboxylic acids is 1. The maximum Gasteiger partial charge on any atom is 0.251 e. The molecule has 0 heterocycles. The lowest BCUT2D eigenvalue weighted by Crippen LogP contribution is -2.22. The van der Waals surface area contributed by atoms with E-state index < -0.39 is 0 Å². The summed E-state index contributed by atoms with van der Waals surface area (Å²) in [4.78, 5) is 12.6. The molecule has 0 aliphatic heterocycles. The summed E-state index contributed by atoms with van der Waals surface area (Å²) in [6, 6.07) is 21.7. The van der Waals surface area contributed by atoms with Gasteiger partial charge in [-0.2, -0.15) is 0 Å². The predicted molar refractivity (Wildman–Crippen MR) is 107 cm³/mol. The zero-order chi connectivity index (χ0) is 18.4. The molecule has 0 atom stereocenters. The molecule has 0 aliphatic carbocycles. The molecule has 0 fully saturated rings. The van der Waals surface area contributed by atoms with E-state index in [-0.39, 0.29) is 5.91 Å². The average Bonchev–Trinajstić information content (AvgIpc) is 2.66. The third-order valence-corrected chi connectivity index (χ3v) is 4.33. The van der Waals surface area contributed by atoms with Crippen molar-refractivity contribution in [2.24, 2.45) is 5.92 Å². The first-order chi connectivity index (χ1) is 12.6. The molecule has 3 aromatic rings. The van der Waals surface area contributed by atoms with E-state index in [1.54, 1.807) is 0 Å². The highest BCUT2D eigenvalue weighted by Crippen LogP contribution is 2.28. The first-order valence-corrected chi connectivity index (χ1v) is 9.11. The van der Waals surface area contributed by atoms with Crippen molar-refractivity contribution in [3.8, 4) is 5.75 Å². The van der Waals surface area contributed by atoms with Gasteiger partial charge in [0, 0.05) is 17.5 Å². The maximum atomic E-state index is 12.6. The zero-order valence-corrected chi connectivity index (χ0v) is 15.4. The van der Waals surface area contributed by atoms with Gasteiger partial charge in [-0.1, -0.05) is 68.4 Å². The molecule has 1 amide bonds. The molecular formula is C23H25NO2. The van der Waals surface area contributed by atoms with Crippen LogP contribution in [0.2, 0.25) is 0 Å². The quantitative estimate of drug-likeness (QED) is 0.638. The summed E-state index contributed by atoms with van der Waals surface area (Å²) in [6.45, 7) is 5.51. The summed E-state index contributed by atoms with van der Waals surface area (Å²) in [6.07, 6.45) is 0.985. The van der Waals surface area contributed by atoms with Gasteiger partial charge in [-0.05, 0) is 35.4 Å². The lowest BCUT2D eigenvalue weighted by atomic mass is 10.0. The highest BCUT2D eigenvalue weighted by molar-refractivity contribution is 6.00. The number of fused-ring (bicyclic) bond motifs is 1. The second kappa shape index (κ2) is 8.52. The Bertz CT molecular complexity index is 872. The van der Waals surface area contributed by atoms with Crippen molar-refractivity contribution in [1.82, 2.24) is 5.32 Å². The van der Waals surface area contributed by atoms with E-state index in [1.807, 2.05) is 66.7 Å². The molecule has 0 saturated heterocycles. The van der Waals surface area contributed by atoms with Crippen LogP contribution in [0.1, 0.15) is 36.2 Å². The summed E-state index contributed by atoms with van der Waals surface area (Å²) >= 11 is 0. The Hall–Kier alpha value is -2.81. The van der Waals surface area contributed by atoms with Crippen molar-refractivity contribution >= 4 is 16.7 Å². The number of hydrogen-bond donors (Lipinski definition) is 1. The van der Waals surface area contributed by atoms with Crippen molar-refractivity contribution in [3.05, 3.63) is 77.9 Å². The molecule has 0 spiro atoms. The van der Waals surface area contributed by atoms with E-state index in [1.165, 1.54) is 0 Å². The Labute approximate surface area is 155 Å². The zero-order valence-electron chi connectivity index (χ0n) is 15.4. The van der Waals surface area contributed by atoms with Crippen molar-refractivity contribution in [1.29, 1.82) is 0 Å². The summed E-state index contributed by atoms with van der Waals surface area (Å²) in [5.41, 5.74) is 1.70. The molecule has 1 N–H and O–H groups in total. The van der Waals surface area contributed by atoms with Gasteiger partial charge in [0.2, 0.25) is 0 Å². The number of benzene rings is 3. The monoisotopic (exact) mass is 347 g/mol. The van der Waals surface area contributed by atoms with Crippen LogP contribution in [0.25, 0.3) is 10.8 Å². The summed E-state index contributed by atoms with van der Waals surface area (Å²) < 4.78 is 6.00. The van der Waals surface area contributed by atoms with Crippen LogP contribution in [-0.2, 0) is 6.54 Å². The smallest absolute Gasteiger partial charge is 0.251 e. The molecule has 0 bridgehead atoms. The molecule has 134 valence electrons. The fourth-order valence-electron chi connectivity index (χ4n) is 2.81. The second-order valence-electron chi connectivity index (χ2n) is 6.89. The SMILES string of the molecule is CC(C)CCOc1cc(C(=O)NCc2ccccc2)cc2ccccc12. The van der Waals surface area contributed by atoms with Crippen LogP contribution < -0.4 is 10.1 Å². The van der Waals surface area contributed by atoms with Crippen LogP contribution in [0.4, 0.5) is 0 Å². The lowest BCUT2D eigenvalue weighted by molar-refractivity contribution is 0.0950. The summed E-state index contributed by atoms with van der Waals surface area (Å²) in [7, 11) is 0. The largest absolute Gasteiger partial charge is 0.493 e. The van der Waals surface area contributed by atoms with E-state index >= 15 is 0 Å². The first kappa shape index (κ1) is 18.0. The average molecular weight is 347 g/mol. The predicted octanol–water partition coefficient (Wildman–Crippen LogP) is 5.19. The van der Waals surface area contributed by atoms with Gasteiger partial charge in [-0.3, -0.25) is 4.79 Å². The minimum atomic E-state index is -0.0895. The molecule has 0 unspecified atom stereocenters. The normalized spacial score (nSPS) is 10.9. The van der Waals surface area contributed by atoms with Gasteiger partial charge in [-0.15, -0.1) is 0 Å². The van der Waals surface area contributed by atoms with Gasteiger partial charge in [0.05, 0.1) is 6.61 Å². The molecule has 3 nitrogen and oxygen atoms in total. The van der Waals surface area contributed by atoms with E-state index in [9.17, 15) is 4.79 Å². The van der Waals surface area contributed by atoms with E-state index in [4.69, 9.17) is 4.74 Å². The van der Waals surface area contributed by atoms with Gasteiger partial charge >= 0.3 is 0 Å². The molecule has 3 aromatic carbocycles. The van der Waals surface area contributed by atoms with Crippen molar-refractivity contribution in [3.63, 3.8) is 0 Å². The highest BCUT2D eigenvalue weighted by Gasteiger charge is 2.11. The van der Waals surface area contributed by atoms with Crippen LogP contribution in [0.5, 0.6) is 5.75 Å². The van der Waals surface area contributed by atoms with Gasteiger partial charge < -0.3 is 10.1 Å². The fourth-order valence-corrected chi connectivity index (χ4v) is 2.81. The molecule has 3 heteroatoms. The molecular weight excluding hydrogens is 322 g/mol. The van der Waals surface area contributed by atoms with E-state index in [0.717, 1.165) is 28.5 Å². The third kappa shape index (κ3) is 4.63. The molecule has 0 aliphatic rings. The molecule has 3 rings (SSSR count). The number of hydrogen-bond acceptors (Lipinski definition) is 2. The Kier molecular flexibility index (Phi) is 5.90. The standard InChI is InChI=1S/C23H25NO2/c1-17(2)12-13-26-22-15-20(14-19-10-6-7-11-21(19)22)23(25)24-16-18-8-4-3-5-9-18/h3-11,14-15,17H,12-13,16H2,1-2H3,(H,24,25). The molecule has 0 saturated carbocycles. The lowest BCUT2D eigenvalue weighted by Gasteiger charge is -2.13. The van der Waals surface area contributed by atoms with Gasteiger partial charge in [-0.25, -0.2) is 0 Å².